The fourth-order valence-electron chi connectivity index (χ4n) is 2.65. The maximum Gasteiger partial charge on any atom is 0.257 e. The van der Waals surface area contributed by atoms with Gasteiger partial charge in [-0.05, 0) is 43.0 Å². The third kappa shape index (κ3) is 4.51. The van der Waals surface area contributed by atoms with E-state index in [2.05, 4.69) is 11.4 Å². The van der Waals surface area contributed by atoms with Gasteiger partial charge < -0.3 is 14.1 Å². The number of hydrogen-bond donors (Lipinski definition) is 0. The van der Waals surface area contributed by atoms with Gasteiger partial charge in [0.1, 0.15) is 5.75 Å². The molecule has 0 atom stereocenters. The fourth-order valence-corrected chi connectivity index (χ4v) is 3.35. The van der Waals surface area contributed by atoms with Crippen LogP contribution < -0.4 is 4.74 Å². The monoisotopic (exact) mass is 355 g/mol. The summed E-state index contributed by atoms with van der Waals surface area (Å²) in [5.41, 5.74) is 1.58. The molecule has 0 aliphatic carbocycles. The molecule has 0 unspecified atom stereocenters. The Morgan fingerprint density at radius 3 is 2.80 bits per heavy atom. The molecule has 0 fully saturated rings. The van der Waals surface area contributed by atoms with Crippen molar-refractivity contribution in [3.8, 4) is 5.75 Å². The minimum Gasteiger partial charge on any atom is -0.493 e. The number of para-hydroxylation sites is 1. The summed E-state index contributed by atoms with van der Waals surface area (Å²) in [4.78, 5) is 16.3. The highest BCUT2D eigenvalue weighted by atomic mass is 32.1. The average Bonchev–Trinajstić information content (AvgIpc) is 3.32. The first-order chi connectivity index (χ1) is 12.3. The van der Waals surface area contributed by atoms with Crippen molar-refractivity contribution < 1.29 is 13.9 Å². The van der Waals surface area contributed by atoms with Gasteiger partial charge in [-0.15, -0.1) is 11.3 Å². The molecule has 3 rings (SSSR count). The Morgan fingerprint density at radius 2 is 2.08 bits per heavy atom. The Balaban J connectivity index is 1.80. The first-order valence-electron chi connectivity index (χ1n) is 8.32. The van der Waals surface area contributed by atoms with Crippen LogP contribution in [0.3, 0.4) is 0 Å². The van der Waals surface area contributed by atoms with Crippen molar-refractivity contribution in [3.05, 3.63) is 76.4 Å². The second kappa shape index (κ2) is 8.53. The van der Waals surface area contributed by atoms with E-state index in [1.165, 1.54) is 4.88 Å². The second-order valence-corrected chi connectivity index (χ2v) is 6.65. The number of rotatable bonds is 8. The summed E-state index contributed by atoms with van der Waals surface area (Å²) >= 11 is 1.71. The van der Waals surface area contributed by atoms with Crippen molar-refractivity contribution in [2.75, 3.05) is 13.2 Å². The predicted molar refractivity (Wildman–Crippen MR) is 99.1 cm³/mol. The molecule has 0 saturated carbocycles. The molecule has 0 bridgehead atoms. The molecule has 0 spiro atoms. The van der Waals surface area contributed by atoms with Crippen LogP contribution in [0.5, 0.6) is 5.75 Å². The topological polar surface area (TPSA) is 42.7 Å². The smallest absolute Gasteiger partial charge is 0.257 e. The molecule has 0 saturated heterocycles. The molecular weight excluding hydrogens is 334 g/mol. The molecule has 0 N–H and O–H groups in total. The lowest BCUT2D eigenvalue weighted by Gasteiger charge is -2.23. The summed E-state index contributed by atoms with van der Waals surface area (Å²) in [6.45, 7) is 3.61. The molecule has 25 heavy (non-hydrogen) atoms. The molecule has 1 aromatic carbocycles. The number of thiophene rings is 1. The van der Waals surface area contributed by atoms with E-state index in [0.29, 0.717) is 31.0 Å². The molecule has 130 valence electrons. The van der Waals surface area contributed by atoms with Crippen LogP contribution in [0.2, 0.25) is 0 Å². The number of hydrogen-bond acceptors (Lipinski definition) is 4. The minimum atomic E-state index is -0.0261. The number of ether oxygens (including phenoxy) is 1. The fraction of sp³-hybridized carbons (Fsp3) is 0.250. The molecule has 0 aliphatic heterocycles. The van der Waals surface area contributed by atoms with Crippen LogP contribution in [-0.4, -0.2) is 24.0 Å². The Kier molecular flexibility index (Phi) is 5.90. The van der Waals surface area contributed by atoms with E-state index < -0.39 is 0 Å². The maximum absolute atomic E-state index is 13.1. The lowest BCUT2D eigenvalue weighted by molar-refractivity contribution is 0.0741. The van der Waals surface area contributed by atoms with E-state index in [4.69, 9.17) is 9.15 Å². The lowest BCUT2D eigenvalue weighted by Crippen LogP contribution is -2.32. The predicted octanol–water partition coefficient (Wildman–Crippen LogP) is 4.62. The first kappa shape index (κ1) is 17.3. The number of carbonyl (C=O) groups excluding carboxylic acids is 1. The third-order valence-electron chi connectivity index (χ3n) is 3.87. The summed E-state index contributed by atoms with van der Waals surface area (Å²) in [5, 5.41) is 2.06. The van der Waals surface area contributed by atoms with Crippen LogP contribution in [0.15, 0.2) is 64.8 Å². The van der Waals surface area contributed by atoms with Crippen LogP contribution in [-0.2, 0) is 13.0 Å². The molecule has 1 amide bonds. The first-order valence-corrected chi connectivity index (χ1v) is 9.20. The van der Waals surface area contributed by atoms with Crippen LogP contribution in [0, 0.1) is 0 Å². The van der Waals surface area contributed by atoms with Crippen LogP contribution in [0.1, 0.15) is 27.7 Å². The van der Waals surface area contributed by atoms with Gasteiger partial charge in [-0.2, -0.15) is 0 Å². The normalized spacial score (nSPS) is 10.6. The van der Waals surface area contributed by atoms with Gasteiger partial charge in [0.25, 0.3) is 5.91 Å². The Morgan fingerprint density at radius 1 is 1.20 bits per heavy atom. The second-order valence-electron chi connectivity index (χ2n) is 5.62. The summed E-state index contributed by atoms with van der Waals surface area (Å²) in [6, 6.07) is 13.4. The summed E-state index contributed by atoms with van der Waals surface area (Å²) in [5.74, 6) is 0.602. The van der Waals surface area contributed by atoms with E-state index in [0.717, 1.165) is 12.0 Å². The number of nitrogens with zero attached hydrogens (tertiary/aromatic N) is 1. The zero-order chi connectivity index (χ0) is 17.5. The van der Waals surface area contributed by atoms with Crippen molar-refractivity contribution >= 4 is 17.2 Å². The molecule has 4 nitrogen and oxygen atoms in total. The summed E-state index contributed by atoms with van der Waals surface area (Å²) < 4.78 is 10.8. The van der Waals surface area contributed by atoms with Crippen molar-refractivity contribution in [2.45, 2.75) is 19.9 Å². The van der Waals surface area contributed by atoms with Gasteiger partial charge >= 0.3 is 0 Å². The standard InChI is InChI=1S/C20H21NO3S/c1-2-24-19-8-4-3-7-18(19)20(22)21(14-16-10-12-23-15-16)11-9-17-6-5-13-25-17/h3-8,10,12-13,15H,2,9,11,14H2,1H3. The SMILES string of the molecule is CCOc1ccccc1C(=O)N(CCc1cccs1)Cc1ccoc1. The average molecular weight is 355 g/mol. The summed E-state index contributed by atoms with van der Waals surface area (Å²) in [7, 11) is 0. The van der Waals surface area contributed by atoms with E-state index >= 15 is 0 Å². The van der Waals surface area contributed by atoms with Crippen molar-refractivity contribution in [3.63, 3.8) is 0 Å². The lowest BCUT2D eigenvalue weighted by atomic mass is 10.1. The quantitative estimate of drug-likeness (QED) is 0.592. The largest absolute Gasteiger partial charge is 0.493 e. The molecule has 3 aromatic rings. The van der Waals surface area contributed by atoms with Crippen molar-refractivity contribution in [1.29, 1.82) is 0 Å². The zero-order valence-corrected chi connectivity index (χ0v) is 15.0. The van der Waals surface area contributed by atoms with Gasteiger partial charge in [0.15, 0.2) is 0 Å². The third-order valence-corrected chi connectivity index (χ3v) is 4.80. The zero-order valence-electron chi connectivity index (χ0n) is 14.2. The Bertz CT molecular complexity index is 781. The molecule has 2 aromatic heterocycles. The molecular formula is C20H21NO3S. The van der Waals surface area contributed by atoms with E-state index in [1.54, 1.807) is 23.9 Å². The van der Waals surface area contributed by atoms with Gasteiger partial charge in [0.2, 0.25) is 0 Å². The highest BCUT2D eigenvalue weighted by Gasteiger charge is 2.20. The van der Waals surface area contributed by atoms with E-state index in [9.17, 15) is 4.79 Å². The number of carbonyl (C=O) groups is 1. The van der Waals surface area contributed by atoms with Gasteiger partial charge in [0, 0.05) is 23.5 Å². The van der Waals surface area contributed by atoms with Crippen LogP contribution in [0.25, 0.3) is 0 Å². The number of furan rings is 1. The molecule has 2 heterocycles. The van der Waals surface area contributed by atoms with Gasteiger partial charge in [-0.1, -0.05) is 18.2 Å². The van der Waals surface area contributed by atoms with E-state index in [-0.39, 0.29) is 5.91 Å². The van der Waals surface area contributed by atoms with Crippen LogP contribution >= 0.6 is 11.3 Å². The molecule has 5 heteroatoms. The van der Waals surface area contributed by atoms with E-state index in [1.807, 2.05) is 48.2 Å². The minimum absolute atomic E-state index is 0.0261. The maximum atomic E-state index is 13.1. The van der Waals surface area contributed by atoms with Crippen LogP contribution in [0.4, 0.5) is 0 Å². The van der Waals surface area contributed by atoms with Gasteiger partial charge in [-0.25, -0.2) is 0 Å². The highest BCUT2D eigenvalue weighted by Crippen LogP contribution is 2.22. The van der Waals surface area contributed by atoms with Gasteiger partial charge in [-0.3, -0.25) is 4.79 Å². The Hall–Kier alpha value is -2.53. The number of amides is 1. The van der Waals surface area contributed by atoms with Crippen molar-refractivity contribution in [1.82, 2.24) is 4.90 Å². The van der Waals surface area contributed by atoms with Gasteiger partial charge in [0.05, 0.1) is 24.7 Å². The Labute approximate surface area is 151 Å². The number of benzene rings is 1. The highest BCUT2D eigenvalue weighted by molar-refractivity contribution is 7.09. The molecule has 0 radical (unpaired) electrons. The molecule has 0 aliphatic rings. The van der Waals surface area contributed by atoms with Crippen molar-refractivity contribution in [2.24, 2.45) is 0 Å². The summed E-state index contributed by atoms with van der Waals surface area (Å²) in [6.07, 6.45) is 4.14.